The summed E-state index contributed by atoms with van der Waals surface area (Å²) in [4.78, 5) is 16.2. The van der Waals surface area contributed by atoms with Gasteiger partial charge in [-0.15, -0.1) is 0 Å². The number of carbonyl (C=O) groups excluding carboxylic acids is 1. The highest BCUT2D eigenvalue weighted by Crippen LogP contribution is 2.22. The number of unbranched alkanes of at least 4 members (excludes halogenated alkanes) is 2. The van der Waals surface area contributed by atoms with E-state index in [1.54, 1.807) is 6.20 Å². The fourth-order valence-corrected chi connectivity index (χ4v) is 2.64. The number of nitrogens with zero attached hydrogens (tertiary/aromatic N) is 1. The van der Waals surface area contributed by atoms with Crippen LogP contribution in [0.3, 0.4) is 0 Å². The van der Waals surface area contributed by atoms with Gasteiger partial charge in [-0.2, -0.15) is 0 Å². The van der Waals surface area contributed by atoms with Crippen molar-refractivity contribution in [3.8, 4) is 11.3 Å². The normalized spacial score (nSPS) is 12.1. The van der Waals surface area contributed by atoms with Gasteiger partial charge in [-0.3, -0.25) is 4.79 Å². The Morgan fingerprint density at radius 1 is 1.29 bits per heavy atom. The van der Waals surface area contributed by atoms with E-state index in [1.165, 1.54) is 12.8 Å². The number of carbonyl (C=O) groups is 1. The van der Waals surface area contributed by atoms with E-state index in [2.05, 4.69) is 24.1 Å². The summed E-state index contributed by atoms with van der Waals surface area (Å²) in [5.41, 5.74) is 0.923. The first-order chi connectivity index (χ1) is 11.6. The molecular weight excluding hydrogens is 324 g/mol. The second-order valence-electron chi connectivity index (χ2n) is 6.09. The molecule has 130 valence electrons. The summed E-state index contributed by atoms with van der Waals surface area (Å²) in [5.74, 6) is 1.31. The van der Waals surface area contributed by atoms with Crippen LogP contribution in [0.1, 0.15) is 51.8 Å². The third kappa shape index (κ3) is 6.00. The summed E-state index contributed by atoms with van der Waals surface area (Å²) in [6, 6.07) is 7.62. The van der Waals surface area contributed by atoms with Crippen LogP contribution in [0.15, 0.2) is 34.9 Å². The molecule has 0 bridgehead atoms. The molecule has 0 fully saturated rings. The lowest BCUT2D eigenvalue weighted by atomic mass is 10.1. The SMILES string of the molecule is CCCCCC(C)NC(=O)CCc1ncc(-c2ccc(Cl)cc2)o1. The van der Waals surface area contributed by atoms with E-state index in [4.69, 9.17) is 16.0 Å². The number of aryl methyl sites for hydroxylation is 1. The minimum absolute atomic E-state index is 0.0465. The van der Waals surface area contributed by atoms with Crippen LogP contribution in [-0.2, 0) is 11.2 Å². The minimum atomic E-state index is 0.0465. The van der Waals surface area contributed by atoms with E-state index >= 15 is 0 Å². The van der Waals surface area contributed by atoms with Gasteiger partial charge in [0.25, 0.3) is 0 Å². The maximum atomic E-state index is 12.0. The highest BCUT2D eigenvalue weighted by molar-refractivity contribution is 6.30. The van der Waals surface area contributed by atoms with Crippen LogP contribution < -0.4 is 5.32 Å². The van der Waals surface area contributed by atoms with E-state index in [0.717, 1.165) is 18.4 Å². The fraction of sp³-hybridized carbons (Fsp3) is 0.474. The summed E-state index contributed by atoms with van der Waals surface area (Å²) in [7, 11) is 0. The number of hydrogen-bond donors (Lipinski definition) is 1. The summed E-state index contributed by atoms with van der Waals surface area (Å²) >= 11 is 5.88. The first kappa shape index (κ1) is 18.5. The van der Waals surface area contributed by atoms with E-state index in [-0.39, 0.29) is 11.9 Å². The predicted octanol–water partition coefficient (Wildman–Crippen LogP) is 5.01. The highest BCUT2D eigenvalue weighted by atomic mass is 35.5. The quantitative estimate of drug-likeness (QED) is 0.648. The number of benzene rings is 1. The van der Waals surface area contributed by atoms with Crippen molar-refractivity contribution in [3.63, 3.8) is 0 Å². The largest absolute Gasteiger partial charge is 0.441 e. The molecule has 0 saturated heterocycles. The molecule has 0 aliphatic heterocycles. The van der Waals surface area contributed by atoms with Crippen molar-refractivity contribution >= 4 is 17.5 Å². The van der Waals surface area contributed by atoms with Crippen LogP contribution in [0.2, 0.25) is 5.02 Å². The van der Waals surface area contributed by atoms with Gasteiger partial charge in [0, 0.05) is 29.5 Å². The molecule has 1 N–H and O–H groups in total. The summed E-state index contributed by atoms with van der Waals surface area (Å²) in [5, 5.41) is 3.71. The Morgan fingerprint density at radius 3 is 2.75 bits per heavy atom. The lowest BCUT2D eigenvalue weighted by Crippen LogP contribution is -2.32. The molecule has 2 rings (SSSR count). The molecule has 1 amide bonds. The Kier molecular flexibility index (Phi) is 7.32. The van der Waals surface area contributed by atoms with Crippen LogP contribution >= 0.6 is 11.6 Å². The van der Waals surface area contributed by atoms with Gasteiger partial charge in [-0.05, 0) is 37.6 Å². The third-order valence-electron chi connectivity index (χ3n) is 3.90. The van der Waals surface area contributed by atoms with E-state index < -0.39 is 0 Å². The molecule has 0 aliphatic carbocycles. The molecule has 24 heavy (non-hydrogen) atoms. The fourth-order valence-electron chi connectivity index (χ4n) is 2.51. The molecule has 0 aliphatic rings. The van der Waals surface area contributed by atoms with Crippen molar-refractivity contribution < 1.29 is 9.21 Å². The molecular formula is C19H25ClN2O2. The first-order valence-corrected chi connectivity index (χ1v) is 8.96. The van der Waals surface area contributed by atoms with Gasteiger partial charge in [-0.1, -0.05) is 37.8 Å². The van der Waals surface area contributed by atoms with Crippen LogP contribution in [0.5, 0.6) is 0 Å². The lowest BCUT2D eigenvalue weighted by molar-refractivity contribution is -0.121. The van der Waals surface area contributed by atoms with E-state index in [0.29, 0.717) is 29.5 Å². The number of aromatic nitrogens is 1. The number of nitrogens with one attached hydrogen (secondary N) is 1. The van der Waals surface area contributed by atoms with Gasteiger partial charge in [0.1, 0.15) is 0 Å². The van der Waals surface area contributed by atoms with Crippen molar-refractivity contribution in [1.82, 2.24) is 10.3 Å². The molecule has 0 spiro atoms. The van der Waals surface area contributed by atoms with Gasteiger partial charge in [0.05, 0.1) is 6.20 Å². The van der Waals surface area contributed by atoms with E-state index in [1.807, 2.05) is 24.3 Å². The second-order valence-corrected chi connectivity index (χ2v) is 6.53. The predicted molar refractivity (Wildman–Crippen MR) is 97.0 cm³/mol. The van der Waals surface area contributed by atoms with Crippen LogP contribution in [0.25, 0.3) is 11.3 Å². The molecule has 2 aromatic rings. The Morgan fingerprint density at radius 2 is 2.04 bits per heavy atom. The Bertz CT molecular complexity index is 637. The smallest absolute Gasteiger partial charge is 0.220 e. The van der Waals surface area contributed by atoms with Crippen molar-refractivity contribution in [2.24, 2.45) is 0 Å². The zero-order chi connectivity index (χ0) is 17.4. The number of hydrogen-bond acceptors (Lipinski definition) is 3. The van der Waals surface area contributed by atoms with Crippen molar-refractivity contribution in [1.29, 1.82) is 0 Å². The van der Waals surface area contributed by atoms with Gasteiger partial charge in [0.15, 0.2) is 11.7 Å². The molecule has 1 atom stereocenters. The molecule has 1 aromatic heterocycles. The molecule has 1 unspecified atom stereocenters. The number of amides is 1. The molecule has 5 heteroatoms. The van der Waals surface area contributed by atoms with Crippen molar-refractivity contribution in [3.05, 3.63) is 41.4 Å². The molecule has 0 radical (unpaired) electrons. The topological polar surface area (TPSA) is 55.1 Å². The number of oxazole rings is 1. The van der Waals surface area contributed by atoms with Gasteiger partial charge in [0.2, 0.25) is 5.91 Å². The lowest BCUT2D eigenvalue weighted by Gasteiger charge is -2.13. The Hall–Kier alpha value is -1.81. The van der Waals surface area contributed by atoms with Gasteiger partial charge in [-0.25, -0.2) is 4.98 Å². The average Bonchev–Trinajstić information content (AvgIpc) is 3.03. The summed E-state index contributed by atoms with van der Waals surface area (Å²) < 4.78 is 5.71. The zero-order valence-electron chi connectivity index (χ0n) is 14.3. The van der Waals surface area contributed by atoms with Crippen molar-refractivity contribution in [2.45, 2.75) is 58.4 Å². The minimum Gasteiger partial charge on any atom is -0.441 e. The summed E-state index contributed by atoms with van der Waals surface area (Å²) in [6.07, 6.45) is 7.16. The monoisotopic (exact) mass is 348 g/mol. The van der Waals surface area contributed by atoms with E-state index in [9.17, 15) is 4.79 Å². The second kappa shape index (κ2) is 9.48. The Labute approximate surface area is 148 Å². The number of halogens is 1. The highest BCUT2D eigenvalue weighted by Gasteiger charge is 2.11. The third-order valence-corrected chi connectivity index (χ3v) is 4.15. The van der Waals surface area contributed by atoms with Gasteiger partial charge >= 0.3 is 0 Å². The molecule has 4 nitrogen and oxygen atoms in total. The van der Waals surface area contributed by atoms with Crippen molar-refractivity contribution in [2.75, 3.05) is 0 Å². The maximum Gasteiger partial charge on any atom is 0.220 e. The standard InChI is InChI=1S/C19H25ClN2O2/c1-3-4-5-6-14(2)22-18(23)11-12-19-21-13-17(24-19)15-7-9-16(20)10-8-15/h7-10,13-14H,3-6,11-12H2,1-2H3,(H,22,23). The zero-order valence-corrected chi connectivity index (χ0v) is 15.1. The molecule has 1 heterocycles. The Balaban J connectivity index is 1.78. The first-order valence-electron chi connectivity index (χ1n) is 8.58. The molecule has 0 saturated carbocycles. The van der Waals surface area contributed by atoms with Crippen LogP contribution in [0, 0.1) is 0 Å². The number of rotatable bonds is 9. The van der Waals surface area contributed by atoms with Gasteiger partial charge < -0.3 is 9.73 Å². The summed E-state index contributed by atoms with van der Waals surface area (Å²) in [6.45, 7) is 4.23. The van der Waals surface area contributed by atoms with Crippen LogP contribution in [0.4, 0.5) is 0 Å². The molecule has 1 aromatic carbocycles. The van der Waals surface area contributed by atoms with Crippen LogP contribution in [-0.4, -0.2) is 16.9 Å². The average molecular weight is 349 g/mol. The maximum absolute atomic E-state index is 12.0.